The van der Waals surface area contributed by atoms with Gasteiger partial charge in [0.1, 0.15) is 5.75 Å². The minimum Gasteiger partial charge on any atom is -0.544 e. The van der Waals surface area contributed by atoms with E-state index >= 15 is 0 Å². The van der Waals surface area contributed by atoms with E-state index < -0.39 is 30.3 Å². The smallest absolute Gasteiger partial charge is 0.404 e. The molecule has 0 aliphatic rings. The zero-order valence-electron chi connectivity index (χ0n) is 17.7. The summed E-state index contributed by atoms with van der Waals surface area (Å²) in [5.74, 6) is -1.39. The summed E-state index contributed by atoms with van der Waals surface area (Å²) in [5, 5.41) is -0.0337. The Hall–Kier alpha value is -2.07. The maximum absolute atomic E-state index is 12.9. The van der Waals surface area contributed by atoms with Crippen molar-refractivity contribution in [2.75, 3.05) is 10.1 Å². The molecule has 0 N–H and O–H groups in total. The lowest BCUT2D eigenvalue weighted by atomic mass is 10.2. The molecular weight excluding hydrogens is 433 g/mol. The molecule has 0 spiro atoms. The minimum absolute atomic E-state index is 0.0337. The van der Waals surface area contributed by atoms with Crippen LogP contribution in [0.25, 0.3) is 0 Å². The van der Waals surface area contributed by atoms with Crippen LogP contribution >= 0.6 is 0 Å². The predicted octanol–water partition coefficient (Wildman–Crippen LogP) is 5.36. The van der Waals surface area contributed by atoms with Gasteiger partial charge in [-0.15, -0.1) is 0 Å². The monoisotopic (exact) mass is 460 g/mol. The van der Waals surface area contributed by atoms with Gasteiger partial charge in [-0.1, -0.05) is 26.8 Å². The van der Waals surface area contributed by atoms with Gasteiger partial charge in [0.15, 0.2) is 5.75 Å². The quantitative estimate of drug-likeness (QED) is 0.522. The fourth-order valence-electron chi connectivity index (χ4n) is 2.42. The van der Waals surface area contributed by atoms with Gasteiger partial charge in [0.25, 0.3) is 0 Å². The first-order valence-electron chi connectivity index (χ1n) is 9.36. The maximum atomic E-state index is 12.9. The fourth-order valence-corrected chi connectivity index (χ4v) is 4.81. The van der Waals surface area contributed by atoms with E-state index in [2.05, 4.69) is 38.8 Å². The lowest BCUT2D eigenvalue weighted by Crippen LogP contribution is -2.43. The third-order valence-corrected chi connectivity index (χ3v) is 11.1. The van der Waals surface area contributed by atoms with Crippen molar-refractivity contribution >= 4 is 24.0 Å². The molecule has 1 aromatic carbocycles. The average molecular weight is 461 g/mol. The van der Waals surface area contributed by atoms with Crippen LogP contribution < -0.4 is 8.73 Å². The van der Waals surface area contributed by atoms with Crippen molar-refractivity contribution < 1.29 is 26.0 Å². The lowest BCUT2D eigenvalue weighted by Gasteiger charge is -2.36. The predicted molar refractivity (Wildman–Crippen MR) is 115 cm³/mol. The second kappa shape index (κ2) is 8.58. The maximum Gasteiger partial charge on any atom is 0.404 e. The van der Waals surface area contributed by atoms with Crippen LogP contribution in [0.1, 0.15) is 26.3 Å². The van der Waals surface area contributed by atoms with Crippen LogP contribution in [0.3, 0.4) is 0 Å². The molecule has 0 saturated carbocycles. The van der Waals surface area contributed by atoms with Crippen LogP contribution in [0, 0.1) is 0 Å². The zero-order chi connectivity index (χ0) is 22.8. The summed E-state index contributed by atoms with van der Waals surface area (Å²) in [4.78, 5) is 3.91. The molecule has 0 saturated heterocycles. The van der Waals surface area contributed by atoms with Crippen molar-refractivity contribution in [1.29, 1.82) is 0 Å². The number of hydrogen-bond donors (Lipinski definition) is 0. The number of nitrogens with zero attached hydrogens (tertiary/aromatic N) is 2. The van der Waals surface area contributed by atoms with Crippen molar-refractivity contribution in [3.63, 3.8) is 0 Å². The molecule has 0 amide bonds. The Morgan fingerprint density at radius 3 is 2.13 bits per heavy atom. The Balaban J connectivity index is 2.37. The van der Waals surface area contributed by atoms with E-state index in [-0.39, 0.29) is 17.3 Å². The van der Waals surface area contributed by atoms with E-state index in [1.54, 1.807) is 24.3 Å². The number of pyridine rings is 1. The van der Waals surface area contributed by atoms with E-state index in [1.165, 1.54) is 24.5 Å². The van der Waals surface area contributed by atoms with E-state index in [0.29, 0.717) is 11.3 Å². The molecule has 30 heavy (non-hydrogen) atoms. The lowest BCUT2D eigenvalue weighted by molar-refractivity contribution is -0.106. The molecule has 1 aromatic heterocycles. The highest BCUT2D eigenvalue weighted by molar-refractivity contribution is 7.92. The van der Waals surface area contributed by atoms with Crippen LogP contribution in [-0.4, -0.2) is 33.6 Å². The number of sulfonamides is 1. The molecule has 0 bridgehead atoms. The van der Waals surface area contributed by atoms with Gasteiger partial charge in [0.05, 0.1) is 12.2 Å². The number of anilines is 1. The Bertz CT molecular complexity index is 942. The molecule has 0 radical (unpaired) electrons. The van der Waals surface area contributed by atoms with Gasteiger partial charge in [0.2, 0.25) is 18.3 Å². The molecule has 166 valence electrons. The van der Waals surface area contributed by atoms with Gasteiger partial charge in [-0.3, -0.25) is 9.29 Å². The second-order valence-electron chi connectivity index (χ2n) is 8.60. The number of benzene rings is 1. The fraction of sp³-hybridized carbons (Fsp3) is 0.450. The standard InChI is InChI=1S/C20H27F3N2O3SSi/c1-19(2,3)30(4,5)28-18-10-8-17(9-11-18)25(14-16-7-6-12-24-13-16)29(26,27)15-20(21,22)23/h6-13H,14-15H2,1-5H3. The molecule has 5 nitrogen and oxygen atoms in total. The zero-order valence-corrected chi connectivity index (χ0v) is 19.5. The van der Waals surface area contributed by atoms with Gasteiger partial charge >= 0.3 is 6.18 Å². The molecule has 0 aliphatic heterocycles. The third kappa shape index (κ3) is 6.46. The number of alkyl halides is 3. The normalized spacial score (nSPS) is 13.2. The van der Waals surface area contributed by atoms with E-state index in [0.717, 1.165) is 4.31 Å². The van der Waals surface area contributed by atoms with Crippen molar-refractivity contribution in [2.45, 2.75) is 51.6 Å². The molecule has 2 aromatic rings. The minimum atomic E-state index is -4.85. The Kier molecular flexibility index (Phi) is 6.92. The number of hydrogen-bond acceptors (Lipinski definition) is 4. The second-order valence-corrected chi connectivity index (χ2v) is 15.2. The highest BCUT2D eigenvalue weighted by Gasteiger charge is 2.40. The summed E-state index contributed by atoms with van der Waals surface area (Å²) in [7, 11) is -6.76. The highest BCUT2D eigenvalue weighted by atomic mass is 32.2. The molecular formula is C20H27F3N2O3SSi. The molecule has 0 unspecified atom stereocenters. The average Bonchev–Trinajstić information content (AvgIpc) is 2.58. The van der Waals surface area contributed by atoms with Gasteiger partial charge in [0, 0.05) is 12.4 Å². The van der Waals surface area contributed by atoms with Crippen LogP contribution in [-0.2, 0) is 16.6 Å². The van der Waals surface area contributed by atoms with Crippen LogP contribution in [0.4, 0.5) is 18.9 Å². The molecule has 0 aliphatic carbocycles. The third-order valence-electron chi connectivity index (χ3n) is 5.03. The number of halogens is 3. The first-order chi connectivity index (χ1) is 13.6. The Labute approximate surface area is 177 Å². The van der Waals surface area contributed by atoms with Crippen molar-refractivity contribution in [1.82, 2.24) is 4.98 Å². The van der Waals surface area contributed by atoms with Crippen molar-refractivity contribution in [3.05, 3.63) is 54.4 Å². The molecule has 0 fully saturated rings. The summed E-state index contributed by atoms with van der Waals surface area (Å²) < 4.78 is 70.7. The molecule has 0 atom stereocenters. The Morgan fingerprint density at radius 1 is 1.07 bits per heavy atom. The summed E-state index contributed by atoms with van der Waals surface area (Å²) in [5.41, 5.74) is 0.607. The molecule has 1 heterocycles. The van der Waals surface area contributed by atoms with Crippen LogP contribution in [0.5, 0.6) is 5.75 Å². The number of aromatic nitrogens is 1. The van der Waals surface area contributed by atoms with Crippen LogP contribution in [0.2, 0.25) is 18.1 Å². The summed E-state index contributed by atoms with van der Waals surface area (Å²) in [6.07, 6.45) is -1.92. The SMILES string of the molecule is CC(C)(C)[Si](C)(C)Oc1ccc(N(Cc2cccnc2)S(=O)(=O)CC(F)(F)F)cc1. The number of rotatable bonds is 7. The highest BCUT2D eigenvalue weighted by Crippen LogP contribution is 2.38. The van der Waals surface area contributed by atoms with Crippen molar-refractivity contribution in [3.8, 4) is 5.75 Å². The Morgan fingerprint density at radius 2 is 1.67 bits per heavy atom. The molecule has 10 heteroatoms. The topological polar surface area (TPSA) is 59.5 Å². The van der Waals surface area contributed by atoms with Gasteiger partial charge in [-0.05, 0) is 54.0 Å². The largest absolute Gasteiger partial charge is 0.544 e. The van der Waals surface area contributed by atoms with E-state index in [4.69, 9.17) is 4.43 Å². The molecule has 2 rings (SSSR count). The van der Waals surface area contributed by atoms with Gasteiger partial charge in [-0.25, -0.2) is 8.42 Å². The van der Waals surface area contributed by atoms with Crippen molar-refractivity contribution in [2.24, 2.45) is 0 Å². The summed E-state index contributed by atoms with van der Waals surface area (Å²) in [6.45, 7) is 10.2. The summed E-state index contributed by atoms with van der Waals surface area (Å²) in [6, 6.07) is 9.32. The van der Waals surface area contributed by atoms with E-state index in [1.807, 2.05) is 0 Å². The van der Waals surface area contributed by atoms with Gasteiger partial charge < -0.3 is 4.43 Å². The van der Waals surface area contributed by atoms with Gasteiger partial charge in [-0.2, -0.15) is 13.2 Å². The van der Waals surface area contributed by atoms with Crippen LogP contribution in [0.15, 0.2) is 48.8 Å². The first-order valence-corrected chi connectivity index (χ1v) is 13.9. The summed E-state index contributed by atoms with van der Waals surface area (Å²) >= 11 is 0. The first kappa shape index (κ1) is 24.2. The van der Waals surface area contributed by atoms with E-state index in [9.17, 15) is 21.6 Å².